The average Bonchev–Trinajstić information content (AvgIpc) is 2.26. The van der Waals surface area contributed by atoms with E-state index in [9.17, 15) is 13.2 Å². The first-order valence-electron chi connectivity index (χ1n) is 4.48. The number of alkyl halides is 3. The van der Waals surface area contributed by atoms with Crippen LogP contribution in [0.2, 0.25) is 0 Å². The summed E-state index contributed by atoms with van der Waals surface area (Å²) in [4.78, 5) is 3.63. The molecule has 0 aromatic carbocycles. The number of hydrogen-bond donors (Lipinski definition) is 1. The Morgan fingerprint density at radius 2 is 1.94 bits per heavy atom. The molecule has 1 heterocycles. The maximum atomic E-state index is 12.1. The molecular weight excluding hydrogens is 241 g/mol. The second-order valence-corrected chi connectivity index (χ2v) is 2.90. The lowest BCUT2D eigenvalue weighted by Gasteiger charge is -2.16. The molecule has 0 saturated heterocycles. The van der Waals surface area contributed by atoms with E-state index in [0.29, 0.717) is 0 Å². The summed E-state index contributed by atoms with van der Waals surface area (Å²) >= 11 is 0. The number of hydrogen-bond acceptors (Lipinski definition) is 5. The Morgan fingerprint density at radius 3 is 2.35 bits per heavy atom. The molecule has 1 rings (SSSR count). The van der Waals surface area contributed by atoms with E-state index >= 15 is 0 Å². The lowest BCUT2D eigenvalue weighted by atomic mass is 10.2. The summed E-state index contributed by atoms with van der Waals surface area (Å²) < 4.78 is 49.9. The van der Waals surface area contributed by atoms with Crippen LogP contribution >= 0.6 is 0 Å². The Bertz CT molecular complexity index is 396. The molecule has 0 unspecified atom stereocenters. The first-order valence-corrected chi connectivity index (χ1v) is 4.48. The van der Waals surface area contributed by atoms with Gasteiger partial charge in [0.05, 0.1) is 26.0 Å². The van der Waals surface area contributed by atoms with E-state index in [1.165, 1.54) is 14.2 Å². The minimum atomic E-state index is -4.81. The van der Waals surface area contributed by atoms with Crippen LogP contribution in [-0.2, 0) is 6.54 Å². The lowest BCUT2D eigenvalue weighted by molar-refractivity contribution is -0.275. The van der Waals surface area contributed by atoms with E-state index in [0.717, 1.165) is 6.20 Å². The van der Waals surface area contributed by atoms with Gasteiger partial charge in [0.2, 0.25) is 0 Å². The highest BCUT2D eigenvalue weighted by molar-refractivity contribution is 5.49. The van der Waals surface area contributed by atoms with Crippen LogP contribution in [0, 0.1) is 0 Å². The van der Waals surface area contributed by atoms with Gasteiger partial charge in [-0.15, -0.1) is 13.2 Å². The molecule has 2 N–H and O–H groups in total. The molecule has 5 nitrogen and oxygen atoms in total. The van der Waals surface area contributed by atoms with Gasteiger partial charge in [-0.1, -0.05) is 0 Å². The summed E-state index contributed by atoms with van der Waals surface area (Å²) in [6.45, 7) is -0.201. The van der Waals surface area contributed by atoms with E-state index in [1.54, 1.807) is 0 Å². The highest BCUT2D eigenvalue weighted by Crippen LogP contribution is 2.36. The van der Waals surface area contributed by atoms with Crippen molar-refractivity contribution in [2.24, 2.45) is 5.73 Å². The predicted octanol–water partition coefficient (Wildman–Crippen LogP) is 1.46. The topological polar surface area (TPSA) is 66.6 Å². The van der Waals surface area contributed by atoms with Gasteiger partial charge in [-0.3, -0.25) is 0 Å². The monoisotopic (exact) mass is 252 g/mol. The number of aromatic nitrogens is 1. The average molecular weight is 252 g/mol. The lowest BCUT2D eigenvalue weighted by Crippen LogP contribution is -2.19. The van der Waals surface area contributed by atoms with Crippen molar-refractivity contribution in [1.82, 2.24) is 4.98 Å². The zero-order chi connectivity index (χ0) is 13.1. The Morgan fingerprint density at radius 1 is 1.29 bits per heavy atom. The third kappa shape index (κ3) is 3.13. The van der Waals surface area contributed by atoms with Crippen molar-refractivity contribution in [1.29, 1.82) is 0 Å². The Kier molecular flexibility index (Phi) is 4.00. The molecule has 0 atom stereocenters. The molecule has 0 aliphatic heterocycles. The van der Waals surface area contributed by atoms with Gasteiger partial charge in [-0.25, -0.2) is 4.98 Å². The number of halogens is 3. The van der Waals surface area contributed by atoms with Gasteiger partial charge in [-0.2, -0.15) is 0 Å². The molecule has 0 aliphatic carbocycles. The van der Waals surface area contributed by atoms with Gasteiger partial charge in [0.25, 0.3) is 5.88 Å². The Balaban J connectivity index is 3.23. The summed E-state index contributed by atoms with van der Waals surface area (Å²) in [5.74, 6) is -0.433. The summed E-state index contributed by atoms with van der Waals surface area (Å²) in [6.07, 6.45) is -3.93. The fourth-order valence-corrected chi connectivity index (χ4v) is 1.26. The van der Waals surface area contributed by atoms with Crippen molar-refractivity contribution in [3.8, 4) is 17.4 Å². The zero-order valence-electron chi connectivity index (χ0n) is 9.17. The van der Waals surface area contributed by atoms with Crippen LogP contribution in [0.25, 0.3) is 0 Å². The Labute approximate surface area is 95.3 Å². The molecule has 17 heavy (non-hydrogen) atoms. The minimum absolute atomic E-state index is 0.0248. The smallest absolute Gasteiger partial charge is 0.491 e. The molecule has 0 radical (unpaired) electrons. The van der Waals surface area contributed by atoms with Gasteiger partial charge < -0.3 is 19.9 Å². The van der Waals surface area contributed by atoms with Crippen LogP contribution in [0.4, 0.5) is 13.2 Å². The fraction of sp³-hybridized carbons (Fsp3) is 0.444. The van der Waals surface area contributed by atoms with Crippen LogP contribution in [0.5, 0.6) is 17.4 Å². The zero-order valence-corrected chi connectivity index (χ0v) is 9.17. The minimum Gasteiger partial charge on any atom is -0.491 e. The molecule has 0 fully saturated rings. The van der Waals surface area contributed by atoms with Crippen molar-refractivity contribution in [3.63, 3.8) is 0 Å². The van der Waals surface area contributed by atoms with Crippen LogP contribution < -0.4 is 19.9 Å². The standard InChI is InChI=1S/C9H11F3N2O3/c1-15-7-5(3-13)6(17-9(10,11)12)4-14-8(7)16-2/h4H,3,13H2,1-2H3. The Hall–Kier alpha value is -1.70. The highest BCUT2D eigenvalue weighted by Gasteiger charge is 2.33. The van der Waals surface area contributed by atoms with Gasteiger partial charge >= 0.3 is 6.36 Å². The summed E-state index contributed by atoms with van der Waals surface area (Å²) in [7, 11) is 2.59. The van der Waals surface area contributed by atoms with Crippen LogP contribution in [0.1, 0.15) is 5.56 Å². The fourth-order valence-electron chi connectivity index (χ4n) is 1.26. The maximum absolute atomic E-state index is 12.1. The number of nitrogens with two attached hydrogens (primary N) is 1. The first-order chi connectivity index (χ1) is 7.92. The molecule has 0 bridgehead atoms. The normalized spacial score (nSPS) is 11.2. The summed E-state index contributed by atoms with van der Waals surface area (Å²) in [5, 5.41) is 0. The number of ether oxygens (including phenoxy) is 3. The third-order valence-corrected chi connectivity index (χ3v) is 1.89. The van der Waals surface area contributed by atoms with Crippen molar-refractivity contribution in [3.05, 3.63) is 11.8 Å². The van der Waals surface area contributed by atoms with Crippen molar-refractivity contribution in [2.45, 2.75) is 12.9 Å². The molecule has 0 spiro atoms. The molecule has 0 saturated carbocycles. The van der Waals surface area contributed by atoms with Crippen molar-refractivity contribution in [2.75, 3.05) is 14.2 Å². The van der Waals surface area contributed by atoms with E-state index < -0.39 is 12.1 Å². The van der Waals surface area contributed by atoms with E-state index in [2.05, 4.69) is 9.72 Å². The molecular formula is C9H11F3N2O3. The molecule has 96 valence electrons. The van der Waals surface area contributed by atoms with Gasteiger partial charge in [-0.05, 0) is 0 Å². The van der Waals surface area contributed by atoms with Crippen LogP contribution in [0.15, 0.2) is 6.20 Å². The predicted molar refractivity (Wildman–Crippen MR) is 51.9 cm³/mol. The molecule has 8 heteroatoms. The van der Waals surface area contributed by atoms with Gasteiger partial charge in [0.1, 0.15) is 0 Å². The van der Waals surface area contributed by atoms with E-state index in [1.807, 2.05) is 0 Å². The molecule has 0 aliphatic rings. The van der Waals surface area contributed by atoms with Gasteiger partial charge in [0, 0.05) is 6.54 Å². The van der Waals surface area contributed by atoms with E-state index in [4.69, 9.17) is 15.2 Å². The van der Waals surface area contributed by atoms with Gasteiger partial charge in [0.15, 0.2) is 11.5 Å². The second-order valence-electron chi connectivity index (χ2n) is 2.90. The van der Waals surface area contributed by atoms with Crippen LogP contribution in [-0.4, -0.2) is 25.6 Å². The summed E-state index contributed by atoms with van der Waals surface area (Å²) in [6, 6.07) is 0. The van der Waals surface area contributed by atoms with Crippen molar-refractivity contribution >= 4 is 0 Å². The van der Waals surface area contributed by atoms with Crippen molar-refractivity contribution < 1.29 is 27.4 Å². The number of rotatable bonds is 4. The number of pyridine rings is 1. The second kappa shape index (κ2) is 5.09. The largest absolute Gasteiger partial charge is 0.573 e. The third-order valence-electron chi connectivity index (χ3n) is 1.89. The SMILES string of the molecule is COc1ncc(OC(F)(F)F)c(CN)c1OC. The number of nitrogens with zero attached hydrogens (tertiary/aromatic N) is 1. The molecule has 1 aromatic heterocycles. The molecule has 0 amide bonds. The quantitative estimate of drug-likeness (QED) is 0.878. The maximum Gasteiger partial charge on any atom is 0.573 e. The molecule has 1 aromatic rings. The highest BCUT2D eigenvalue weighted by atomic mass is 19.4. The number of methoxy groups -OCH3 is 2. The summed E-state index contributed by atoms with van der Waals surface area (Å²) in [5.41, 5.74) is 5.40. The van der Waals surface area contributed by atoms with E-state index in [-0.39, 0.29) is 23.7 Å². The van der Waals surface area contributed by atoms with Crippen LogP contribution in [0.3, 0.4) is 0 Å². The first kappa shape index (κ1) is 13.4.